The smallest absolute Gasteiger partial charge is 0.316 e. The summed E-state index contributed by atoms with van der Waals surface area (Å²) in [7, 11) is 0. The topological polar surface area (TPSA) is 37.3 Å². The van der Waals surface area contributed by atoms with E-state index in [0.717, 1.165) is 24.2 Å². The SMILES string of the molecule is CCCCCCC(Sc1ccc2sc3c(c2c1)CCCC3)C(=O)O. The zero-order valence-corrected chi connectivity index (χ0v) is 16.0. The first kappa shape index (κ1) is 17.8. The molecule has 2 aromatic rings. The highest BCUT2D eigenvalue weighted by Gasteiger charge is 2.20. The minimum absolute atomic E-state index is 0.325. The zero-order valence-electron chi connectivity index (χ0n) is 14.3. The van der Waals surface area contributed by atoms with Crippen LogP contribution < -0.4 is 0 Å². The minimum atomic E-state index is -0.677. The molecule has 24 heavy (non-hydrogen) atoms. The second-order valence-electron chi connectivity index (χ2n) is 6.66. The van der Waals surface area contributed by atoms with Crippen LogP contribution in [-0.2, 0) is 17.6 Å². The molecule has 1 aromatic heterocycles. The molecule has 0 fully saturated rings. The molecule has 0 saturated heterocycles. The van der Waals surface area contributed by atoms with Crippen molar-refractivity contribution in [2.75, 3.05) is 0 Å². The van der Waals surface area contributed by atoms with E-state index in [1.54, 1.807) is 4.88 Å². The van der Waals surface area contributed by atoms with Crippen molar-refractivity contribution in [2.45, 2.75) is 74.9 Å². The summed E-state index contributed by atoms with van der Waals surface area (Å²) >= 11 is 3.46. The summed E-state index contributed by atoms with van der Waals surface area (Å²) in [5, 5.41) is 10.6. The molecule has 1 aromatic carbocycles. The van der Waals surface area contributed by atoms with Crippen molar-refractivity contribution in [3.8, 4) is 0 Å². The Kier molecular flexibility index (Phi) is 6.23. The minimum Gasteiger partial charge on any atom is -0.480 e. The fourth-order valence-electron chi connectivity index (χ4n) is 3.47. The molecule has 1 heterocycles. The third-order valence-electron chi connectivity index (χ3n) is 4.80. The molecule has 0 spiro atoms. The number of aryl methyl sites for hydroxylation is 2. The maximum atomic E-state index is 11.6. The number of fused-ring (bicyclic) bond motifs is 3. The molecule has 1 N–H and O–H groups in total. The summed E-state index contributed by atoms with van der Waals surface area (Å²) in [5.74, 6) is -0.677. The molecule has 1 atom stereocenters. The van der Waals surface area contributed by atoms with Gasteiger partial charge in [-0.25, -0.2) is 0 Å². The lowest BCUT2D eigenvalue weighted by atomic mass is 9.96. The lowest BCUT2D eigenvalue weighted by molar-refractivity contribution is -0.136. The number of carbonyl (C=O) groups is 1. The van der Waals surface area contributed by atoms with Gasteiger partial charge in [0.1, 0.15) is 5.25 Å². The first-order valence-electron chi connectivity index (χ1n) is 9.12. The van der Waals surface area contributed by atoms with E-state index in [0.29, 0.717) is 0 Å². The Morgan fingerprint density at radius 1 is 1.25 bits per heavy atom. The van der Waals surface area contributed by atoms with Crippen LogP contribution in [0.2, 0.25) is 0 Å². The van der Waals surface area contributed by atoms with Crippen molar-refractivity contribution >= 4 is 39.2 Å². The van der Waals surface area contributed by atoms with Gasteiger partial charge in [-0.1, -0.05) is 32.6 Å². The molecule has 0 amide bonds. The number of thiophene rings is 1. The highest BCUT2D eigenvalue weighted by atomic mass is 32.2. The van der Waals surface area contributed by atoms with Crippen LogP contribution in [0.4, 0.5) is 0 Å². The first-order chi connectivity index (χ1) is 11.7. The molecule has 1 unspecified atom stereocenters. The van der Waals surface area contributed by atoms with Crippen LogP contribution in [0.1, 0.15) is 62.3 Å². The van der Waals surface area contributed by atoms with Gasteiger partial charge in [0.15, 0.2) is 0 Å². The predicted octanol–water partition coefficient (Wildman–Crippen LogP) is 6.30. The van der Waals surface area contributed by atoms with Gasteiger partial charge in [0.2, 0.25) is 0 Å². The number of rotatable bonds is 8. The van der Waals surface area contributed by atoms with Gasteiger partial charge in [-0.3, -0.25) is 4.79 Å². The van der Waals surface area contributed by atoms with Crippen LogP contribution in [0, 0.1) is 0 Å². The van der Waals surface area contributed by atoms with Gasteiger partial charge < -0.3 is 5.11 Å². The highest BCUT2D eigenvalue weighted by Crippen LogP contribution is 2.39. The molecular weight excluding hydrogens is 336 g/mol. The van der Waals surface area contributed by atoms with Gasteiger partial charge in [-0.15, -0.1) is 23.1 Å². The normalized spacial score (nSPS) is 15.4. The van der Waals surface area contributed by atoms with E-state index in [1.165, 1.54) is 65.9 Å². The number of unbranched alkanes of at least 4 members (excludes halogenated alkanes) is 3. The maximum Gasteiger partial charge on any atom is 0.316 e. The Morgan fingerprint density at radius 3 is 2.88 bits per heavy atom. The van der Waals surface area contributed by atoms with E-state index >= 15 is 0 Å². The molecule has 0 radical (unpaired) electrons. The average molecular weight is 363 g/mol. The summed E-state index contributed by atoms with van der Waals surface area (Å²) in [6.45, 7) is 2.18. The molecule has 0 bridgehead atoms. The van der Waals surface area contributed by atoms with E-state index in [1.807, 2.05) is 11.3 Å². The Hall–Kier alpha value is -1.00. The Bertz CT molecular complexity index is 705. The van der Waals surface area contributed by atoms with Crippen LogP contribution in [-0.4, -0.2) is 16.3 Å². The predicted molar refractivity (Wildman–Crippen MR) is 105 cm³/mol. The molecular formula is C20H26O2S2. The first-order valence-corrected chi connectivity index (χ1v) is 10.8. The largest absolute Gasteiger partial charge is 0.480 e. The monoisotopic (exact) mass is 362 g/mol. The summed E-state index contributed by atoms with van der Waals surface area (Å²) in [4.78, 5) is 14.3. The summed E-state index contributed by atoms with van der Waals surface area (Å²) < 4.78 is 1.36. The van der Waals surface area contributed by atoms with Crippen molar-refractivity contribution in [3.63, 3.8) is 0 Å². The van der Waals surface area contributed by atoms with Gasteiger partial charge >= 0.3 is 5.97 Å². The second-order valence-corrected chi connectivity index (χ2v) is 9.08. The van der Waals surface area contributed by atoms with E-state index < -0.39 is 5.97 Å². The Balaban J connectivity index is 1.74. The summed E-state index contributed by atoms with van der Waals surface area (Å²) in [6.07, 6.45) is 10.3. The molecule has 130 valence electrons. The number of carboxylic acid groups (broad SMARTS) is 1. The molecule has 4 heteroatoms. The molecule has 0 saturated carbocycles. The van der Waals surface area contributed by atoms with Crippen molar-refractivity contribution < 1.29 is 9.90 Å². The Morgan fingerprint density at radius 2 is 2.08 bits per heavy atom. The van der Waals surface area contributed by atoms with Gasteiger partial charge in [-0.05, 0) is 61.3 Å². The van der Waals surface area contributed by atoms with E-state index in [9.17, 15) is 9.90 Å². The van der Waals surface area contributed by atoms with Crippen molar-refractivity contribution in [3.05, 3.63) is 28.6 Å². The standard InChI is InChI=1S/C20H26O2S2/c1-2-3-4-5-10-19(20(21)22)23-14-11-12-18-16(13-14)15-8-6-7-9-17(15)24-18/h11-13,19H,2-10H2,1H3,(H,21,22). The number of hydrogen-bond acceptors (Lipinski definition) is 3. The van der Waals surface area contributed by atoms with Crippen LogP contribution in [0.3, 0.4) is 0 Å². The van der Waals surface area contributed by atoms with Crippen molar-refractivity contribution in [1.29, 1.82) is 0 Å². The lowest BCUT2D eigenvalue weighted by Crippen LogP contribution is -2.16. The summed E-state index contributed by atoms with van der Waals surface area (Å²) in [6, 6.07) is 6.54. The van der Waals surface area contributed by atoms with Gasteiger partial charge in [0, 0.05) is 14.5 Å². The van der Waals surface area contributed by atoms with Gasteiger partial charge in [0.05, 0.1) is 0 Å². The Labute approximate surface area is 152 Å². The summed E-state index contributed by atoms with van der Waals surface area (Å²) in [5.41, 5.74) is 1.53. The van der Waals surface area contributed by atoms with Crippen molar-refractivity contribution in [2.24, 2.45) is 0 Å². The molecule has 1 aliphatic rings. The molecule has 0 aliphatic heterocycles. The van der Waals surface area contributed by atoms with E-state index in [-0.39, 0.29) is 5.25 Å². The zero-order chi connectivity index (χ0) is 16.9. The van der Waals surface area contributed by atoms with Crippen LogP contribution in [0.5, 0.6) is 0 Å². The van der Waals surface area contributed by atoms with Gasteiger partial charge in [-0.2, -0.15) is 0 Å². The third kappa shape index (κ3) is 4.15. The fraction of sp³-hybridized carbons (Fsp3) is 0.550. The second kappa shape index (κ2) is 8.39. The number of hydrogen-bond donors (Lipinski definition) is 1. The maximum absolute atomic E-state index is 11.6. The number of carboxylic acids is 1. The number of aliphatic carboxylic acids is 1. The molecule has 2 nitrogen and oxygen atoms in total. The van der Waals surface area contributed by atoms with E-state index in [2.05, 4.69) is 25.1 Å². The molecule has 1 aliphatic carbocycles. The third-order valence-corrected chi connectivity index (χ3v) is 7.32. The number of benzene rings is 1. The van der Waals surface area contributed by atoms with Crippen LogP contribution >= 0.6 is 23.1 Å². The molecule has 3 rings (SSSR count). The quantitative estimate of drug-likeness (QED) is 0.442. The van der Waals surface area contributed by atoms with E-state index in [4.69, 9.17) is 0 Å². The van der Waals surface area contributed by atoms with Crippen LogP contribution in [0.25, 0.3) is 10.1 Å². The average Bonchev–Trinajstić information content (AvgIpc) is 2.95. The fourth-order valence-corrected chi connectivity index (χ4v) is 5.79. The van der Waals surface area contributed by atoms with Gasteiger partial charge in [0.25, 0.3) is 0 Å². The lowest BCUT2D eigenvalue weighted by Gasteiger charge is -2.13. The van der Waals surface area contributed by atoms with Crippen LogP contribution in [0.15, 0.2) is 23.1 Å². The highest BCUT2D eigenvalue weighted by molar-refractivity contribution is 8.00. The number of thioether (sulfide) groups is 1. The van der Waals surface area contributed by atoms with Crippen molar-refractivity contribution in [1.82, 2.24) is 0 Å².